The summed E-state index contributed by atoms with van der Waals surface area (Å²) in [7, 11) is -3.67. The monoisotopic (exact) mass is 385 g/mol. The Morgan fingerprint density at radius 3 is 2.52 bits per heavy atom. The fourth-order valence-corrected chi connectivity index (χ4v) is 4.92. The number of sulfonamides is 1. The predicted octanol–water partition coefficient (Wildman–Crippen LogP) is 2.79. The third-order valence-corrected chi connectivity index (χ3v) is 6.83. The van der Waals surface area contributed by atoms with Gasteiger partial charge in [0.2, 0.25) is 10.0 Å². The Morgan fingerprint density at radius 2 is 1.88 bits per heavy atom. The van der Waals surface area contributed by atoms with E-state index < -0.39 is 22.1 Å². The summed E-state index contributed by atoms with van der Waals surface area (Å²) >= 11 is 6.05. The predicted molar refractivity (Wildman–Crippen MR) is 92.1 cm³/mol. The van der Waals surface area contributed by atoms with E-state index in [1.165, 1.54) is 22.5 Å². The Bertz CT molecular complexity index is 786. The minimum atomic E-state index is -3.67. The Hall–Kier alpha value is -1.44. The maximum atomic E-state index is 12.7. The standard InChI is InChI=1S/C17H20ClNO5S/c18-14-8-7-12(25(22,23)19-9-2-1-3-10-19)11-13(14)17(21)24-16-6-4-5-15(16)20/h7-8,11,16H,1-6,9-10H2/t16-/m1/s1. The number of benzene rings is 1. The number of rotatable bonds is 4. The van der Waals surface area contributed by atoms with Crippen molar-refractivity contribution in [3.63, 3.8) is 0 Å². The quantitative estimate of drug-likeness (QED) is 0.744. The first-order valence-electron chi connectivity index (χ1n) is 8.43. The van der Waals surface area contributed by atoms with Gasteiger partial charge < -0.3 is 4.74 Å². The second-order valence-corrected chi connectivity index (χ2v) is 8.70. The summed E-state index contributed by atoms with van der Waals surface area (Å²) in [6.07, 6.45) is 3.49. The number of ether oxygens (including phenoxy) is 1. The molecular weight excluding hydrogens is 366 g/mol. The molecule has 0 aromatic heterocycles. The summed E-state index contributed by atoms with van der Waals surface area (Å²) in [4.78, 5) is 24.0. The van der Waals surface area contributed by atoms with E-state index in [1.807, 2.05) is 0 Å². The average molecular weight is 386 g/mol. The van der Waals surface area contributed by atoms with Crippen molar-refractivity contribution in [3.8, 4) is 0 Å². The number of ketones is 1. The van der Waals surface area contributed by atoms with Gasteiger partial charge in [-0.15, -0.1) is 0 Å². The number of halogens is 1. The topological polar surface area (TPSA) is 80.8 Å². The second-order valence-electron chi connectivity index (χ2n) is 6.36. The molecule has 1 aromatic rings. The number of piperidine rings is 1. The molecule has 1 saturated heterocycles. The van der Waals surface area contributed by atoms with Crippen LogP contribution in [-0.2, 0) is 19.6 Å². The molecule has 136 valence electrons. The van der Waals surface area contributed by atoms with Crippen LogP contribution in [0.25, 0.3) is 0 Å². The first-order valence-corrected chi connectivity index (χ1v) is 10.2. The Balaban J connectivity index is 1.84. The van der Waals surface area contributed by atoms with Gasteiger partial charge in [0.1, 0.15) is 0 Å². The highest BCUT2D eigenvalue weighted by Crippen LogP contribution is 2.27. The van der Waals surface area contributed by atoms with Crippen molar-refractivity contribution in [3.05, 3.63) is 28.8 Å². The number of esters is 1. The van der Waals surface area contributed by atoms with Crippen LogP contribution in [0.2, 0.25) is 5.02 Å². The van der Waals surface area contributed by atoms with E-state index in [4.69, 9.17) is 16.3 Å². The summed E-state index contributed by atoms with van der Waals surface area (Å²) in [5.41, 5.74) is -0.0283. The summed E-state index contributed by atoms with van der Waals surface area (Å²) in [6, 6.07) is 4.02. The fourth-order valence-electron chi connectivity index (χ4n) is 3.18. The molecule has 1 aromatic carbocycles. The highest BCUT2D eigenvalue weighted by Gasteiger charge is 2.31. The maximum Gasteiger partial charge on any atom is 0.340 e. The van der Waals surface area contributed by atoms with Gasteiger partial charge in [0, 0.05) is 19.5 Å². The summed E-state index contributed by atoms with van der Waals surface area (Å²) < 4.78 is 32.1. The molecule has 2 aliphatic rings. The highest BCUT2D eigenvalue weighted by molar-refractivity contribution is 7.89. The molecule has 0 spiro atoms. The Kier molecular flexibility index (Phi) is 5.46. The molecule has 0 radical (unpaired) electrons. The van der Waals surface area contributed by atoms with E-state index in [1.54, 1.807) is 0 Å². The molecule has 6 nitrogen and oxygen atoms in total. The molecule has 1 aliphatic carbocycles. The van der Waals surface area contributed by atoms with Crippen molar-refractivity contribution in [2.45, 2.75) is 49.5 Å². The van der Waals surface area contributed by atoms with Gasteiger partial charge in [0.05, 0.1) is 15.5 Å². The number of carbonyl (C=O) groups excluding carboxylic acids is 2. The molecule has 3 rings (SSSR count). The second kappa shape index (κ2) is 7.43. The molecule has 2 fully saturated rings. The SMILES string of the molecule is O=C(O[C@@H]1CCCC1=O)c1cc(S(=O)(=O)N2CCCCC2)ccc1Cl. The van der Waals surface area contributed by atoms with E-state index in [9.17, 15) is 18.0 Å². The van der Waals surface area contributed by atoms with Crippen LogP contribution in [0.3, 0.4) is 0 Å². The normalized spacial score (nSPS) is 22.1. The minimum Gasteiger partial charge on any atom is -0.451 e. The lowest BCUT2D eigenvalue weighted by Crippen LogP contribution is -2.35. The molecule has 0 N–H and O–H groups in total. The molecule has 1 aliphatic heterocycles. The Morgan fingerprint density at radius 1 is 1.16 bits per heavy atom. The maximum absolute atomic E-state index is 12.7. The number of carbonyl (C=O) groups is 2. The van der Waals surface area contributed by atoms with E-state index in [2.05, 4.69) is 0 Å². The van der Waals surface area contributed by atoms with Gasteiger partial charge in [-0.1, -0.05) is 18.0 Å². The van der Waals surface area contributed by atoms with Crippen molar-refractivity contribution in [1.29, 1.82) is 0 Å². The zero-order valence-corrected chi connectivity index (χ0v) is 15.3. The van der Waals surface area contributed by atoms with E-state index in [0.717, 1.165) is 19.3 Å². The lowest BCUT2D eigenvalue weighted by atomic mass is 10.2. The number of Topliss-reactive ketones (excluding diaryl/α,β-unsaturated/α-hetero) is 1. The van der Waals surface area contributed by atoms with Gasteiger partial charge in [-0.3, -0.25) is 4.79 Å². The molecule has 1 saturated carbocycles. The van der Waals surface area contributed by atoms with Crippen molar-refractivity contribution < 1.29 is 22.7 Å². The van der Waals surface area contributed by atoms with Crippen molar-refractivity contribution in [2.75, 3.05) is 13.1 Å². The van der Waals surface area contributed by atoms with E-state index in [-0.39, 0.29) is 21.3 Å². The lowest BCUT2D eigenvalue weighted by Gasteiger charge is -2.26. The zero-order valence-electron chi connectivity index (χ0n) is 13.7. The third-order valence-electron chi connectivity index (χ3n) is 4.61. The lowest BCUT2D eigenvalue weighted by molar-refractivity contribution is -0.124. The van der Waals surface area contributed by atoms with Crippen LogP contribution in [0.15, 0.2) is 23.1 Å². The van der Waals surface area contributed by atoms with Gasteiger partial charge in [-0.25, -0.2) is 13.2 Å². The molecule has 0 bridgehead atoms. The van der Waals surface area contributed by atoms with Gasteiger partial charge in [0.25, 0.3) is 0 Å². The van der Waals surface area contributed by atoms with Gasteiger partial charge in [-0.2, -0.15) is 4.31 Å². The molecule has 8 heteroatoms. The van der Waals surface area contributed by atoms with Crippen molar-refractivity contribution in [1.82, 2.24) is 4.31 Å². The van der Waals surface area contributed by atoms with Crippen LogP contribution in [0.4, 0.5) is 0 Å². The van der Waals surface area contributed by atoms with E-state index >= 15 is 0 Å². The molecule has 1 heterocycles. The Labute approximate surface area is 152 Å². The first-order chi connectivity index (χ1) is 11.9. The summed E-state index contributed by atoms with van der Waals surface area (Å²) in [5, 5.41) is 0.105. The van der Waals surface area contributed by atoms with Crippen molar-refractivity contribution in [2.24, 2.45) is 0 Å². The molecule has 25 heavy (non-hydrogen) atoms. The van der Waals surface area contributed by atoms with Crippen LogP contribution >= 0.6 is 11.6 Å². The third kappa shape index (κ3) is 3.88. The van der Waals surface area contributed by atoms with Crippen LogP contribution in [0.1, 0.15) is 48.9 Å². The number of hydrogen-bond acceptors (Lipinski definition) is 5. The van der Waals surface area contributed by atoms with Crippen LogP contribution in [0.5, 0.6) is 0 Å². The number of nitrogens with zero attached hydrogens (tertiary/aromatic N) is 1. The van der Waals surface area contributed by atoms with Crippen molar-refractivity contribution >= 4 is 33.4 Å². The summed E-state index contributed by atoms with van der Waals surface area (Å²) in [5.74, 6) is -0.873. The fraction of sp³-hybridized carbons (Fsp3) is 0.529. The number of hydrogen-bond donors (Lipinski definition) is 0. The molecule has 0 unspecified atom stereocenters. The van der Waals surface area contributed by atoms with E-state index in [0.29, 0.717) is 32.4 Å². The average Bonchev–Trinajstić information content (AvgIpc) is 3.00. The zero-order chi connectivity index (χ0) is 18.0. The van der Waals surface area contributed by atoms with Gasteiger partial charge >= 0.3 is 5.97 Å². The van der Waals surface area contributed by atoms with Crippen LogP contribution in [-0.4, -0.2) is 43.7 Å². The van der Waals surface area contributed by atoms with Gasteiger partial charge in [-0.05, 0) is 43.9 Å². The van der Waals surface area contributed by atoms with Crippen LogP contribution < -0.4 is 0 Å². The largest absolute Gasteiger partial charge is 0.451 e. The van der Waals surface area contributed by atoms with Crippen LogP contribution in [0, 0.1) is 0 Å². The van der Waals surface area contributed by atoms with Gasteiger partial charge in [0.15, 0.2) is 11.9 Å². The minimum absolute atomic E-state index is 0.0171. The molecule has 0 amide bonds. The first kappa shape index (κ1) is 18.4. The smallest absolute Gasteiger partial charge is 0.340 e. The molecular formula is C17H20ClNO5S. The molecule has 1 atom stereocenters. The summed E-state index contributed by atoms with van der Waals surface area (Å²) in [6.45, 7) is 0.947. The highest BCUT2D eigenvalue weighted by atomic mass is 35.5.